The first-order valence-electron chi connectivity index (χ1n) is 9.88. The Kier molecular flexibility index (Phi) is 6.05. The second-order valence-electron chi connectivity index (χ2n) is 7.50. The molecule has 0 aliphatic carbocycles. The highest BCUT2D eigenvalue weighted by Gasteiger charge is 2.32. The van der Waals surface area contributed by atoms with Gasteiger partial charge in [-0.15, -0.1) is 0 Å². The summed E-state index contributed by atoms with van der Waals surface area (Å²) in [4.78, 5) is 26.2. The van der Waals surface area contributed by atoms with Crippen molar-refractivity contribution in [2.24, 2.45) is 0 Å². The minimum atomic E-state index is -3.76. The van der Waals surface area contributed by atoms with E-state index in [9.17, 15) is 18.0 Å². The number of sulfonamides is 1. The van der Waals surface area contributed by atoms with Crippen LogP contribution in [0.4, 0.5) is 5.69 Å². The molecule has 2 aliphatic rings. The predicted molar refractivity (Wildman–Crippen MR) is 118 cm³/mol. The number of hydrogen-bond donors (Lipinski definition) is 1. The summed E-state index contributed by atoms with van der Waals surface area (Å²) in [7, 11) is -3.76. The number of carbonyl (C=O) groups is 2. The zero-order valence-electron chi connectivity index (χ0n) is 16.9. The molecule has 10 heteroatoms. The zero-order chi connectivity index (χ0) is 22.2. The zero-order valence-corrected chi connectivity index (χ0v) is 19.3. The Balaban J connectivity index is 1.41. The fraction of sp³-hybridized carbons (Fsp3) is 0.333. The van der Waals surface area contributed by atoms with E-state index in [1.165, 1.54) is 16.4 Å². The van der Waals surface area contributed by atoms with Crippen molar-refractivity contribution in [3.05, 3.63) is 52.5 Å². The molecule has 1 N–H and O–H groups in total. The average Bonchev–Trinajstić information content (AvgIpc) is 2.76. The van der Waals surface area contributed by atoms with Crippen LogP contribution < -0.4 is 10.1 Å². The van der Waals surface area contributed by atoms with E-state index >= 15 is 0 Å². The molecule has 2 amide bonds. The van der Waals surface area contributed by atoms with Gasteiger partial charge in [0.15, 0.2) is 6.10 Å². The third kappa shape index (κ3) is 4.60. The van der Waals surface area contributed by atoms with Crippen molar-refractivity contribution in [3.8, 4) is 5.75 Å². The molecule has 2 heterocycles. The third-order valence-electron chi connectivity index (χ3n) is 5.38. The van der Waals surface area contributed by atoms with Gasteiger partial charge in [-0.3, -0.25) is 9.59 Å². The molecule has 0 spiro atoms. The molecule has 2 aromatic carbocycles. The average molecular weight is 508 g/mol. The van der Waals surface area contributed by atoms with E-state index in [2.05, 4.69) is 21.2 Å². The topological polar surface area (TPSA) is 96.0 Å². The lowest BCUT2D eigenvalue weighted by Crippen LogP contribution is -2.50. The Bertz CT molecular complexity index is 1110. The van der Waals surface area contributed by atoms with E-state index < -0.39 is 16.1 Å². The van der Waals surface area contributed by atoms with Crippen LogP contribution >= 0.6 is 15.9 Å². The third-order valence-corrected chi connectivity index (χ3v) is 7.80. The number of rotatable bonds is 4. The smallest absolute Gasteiger partial charge is 0.265 e. The van der Waals surface area contributed by atoms with Crippen molar-refractivity contribution in [2.45, 2.75) is 24.3 Å². The van der Waals surface area contributed by atoms with E-state index in [4.69, 9.17) is 4.74 Å². The molecule has 0 bridgehead atoms. The molecule has 1 atom stereocenters. The lowest BCUT2D eigenvalue weighted by molar-refractivity contribution is -0.131. The molecule has 164 valence electrons. The summed E-state index contributed by atoms with van der Waals surface area (Å²) >= 11 is 3.37. The Labute approximate surface area is 189 Å². The monoisotopic (exact) mass is 507 g/mol. The highest BCUT2D eigenvalue weighted by atomic mass is 79.9. The number of amides is 2. The van der Waals surface area contributed by atoms with Gasteiger partial charge in [0.2, 0.25) is 15.9 Å². The van der Waals surface area contributed by atoms with Crippen molar-refractivity contribution in [1.29, 1.82) is 0 Å². The van der Waals surface area contributed by atoms with Gasteiger partial charge in [0.25, 0.3) is 5.91 Å². The van der Waals surface area contributed by atoms with Gasteiger partial charge in [-0.25, -0.2) is 8.42 Å². The van der Waals surface area contributed by atoms with Gasteiger partial charge in [-0.05, 0) is 42.8 Å². The van der Waals surface area contributed by atoms with Crippen LogP contribution in [-0.4, -0.2) is 61.7 Å². The molecule has 2 aromatic rings. The fourth-order valence-corrected chi connectivity index (χ4v) is 5.28. The summed E-state index contributed by atoms with van der Waals surface area (Å²) in [6, 6.07) is 12.0. The van der Waals surface area contributed by atoms with E-state index in [1.54, 1.807) is 17.9 Å². The number of piperazine rings is 1. The molecule has 0 saturated carbocycles. The van der Waals surface area contributed by atoms with E-state index in [0.29, 0.717) is 24.5 Å². The Morgan fingerprint density at radius 2 is 1.81 bits per heavy atom. The molecule has 31 heavy (non-hydrogen) atoms. The summed E-state index contributed by atoms with van der Waals surface area (Å²) in [5, 5.41) is 2.67. The van der Waals surface area contributed by atoms with E-state index in [-0.39, 0.29) is 36.2 Å². The number of carbonyl (C=O) groups excluding carboxylic acids is 2. The van der Waals surface area contributed by atoms with Crippen LogP contribution in [0.3, 0.4) is 0 Å². The lowest BCUT2D eigenvalue weighted by atomic mass is 10.1. The number of ether oxygens (including phenoxy) is 1. The lowest BCUT2D eigenvalue weighted by Gasteiger charge is -2.34. The fourth-order valence-electron chi connectivity index (χ4n) is 3.56. The standard InChI is InChI=1S/C21H22BrN3O5S/c1-14-21(27)23-18-13-17(6-7-19(18)30-14)31(28,29)25-10-8-24(9-11-25)20(26)12-15-2-4-16(22)5-3-15/h2-7,13-14H,8-12H2,1H3,(H,23,27)/t14-/m0/s1. The Morgan fingerprint density at radius 1 is 1.13 bits per heavy atom. The molecule has 0 radical (unpaired) electrons. The number of fused-ring (bicyclic) bond motifs is 1. The Hall–Kier alpha value is -2.43. The number of halogens is 1. The number of nitrogens with one attached hydrogen (secondary N) is 1. The van der Waals surface area contributed by atoms with Crippen molar-refractivity contribution in [3.63, 3.8) is 0 Å². The van der Waals surface area contributed by atoms with Gasteiger partial charge in [-0.1, -0.05) is 28.1 Å². The maximum Gasteiger partial charge on any atom is 0.265 e. The molecule has 2 aliphatic heterocycles. The van der Waals surface area contributed by atoms with Crippen molar-refractivity contribution < 1.29 is 22.7 Å². The van der Waals surface area contributed by atoms with Crippen molar-refractivity contribution in [1.82, 2.24) is 9.21 Å². The first-order chi connectivity index (χ1) is 14.7. The minimum Gasteiger partial charge on any atom is -0.479 e. The van der Waals surface area contributed by atoms with Gasteiger partial charge < -0.3 is 15.0 Å². The summed E-state index contributed by atoms with van der Waals surface area (Å²) < 4.78 is 34.0. The van der Waals surface area contributed by atoms with Crippen LogP contribution in [0.2, 0.25) is 0 Å². The highest BCUT2D eigenvalue weighted by molar-refractivity contribution is 9.10. The van der Waals surface area contributed by atoms with Crippen molar-refractivity contribution in [2.75, 3.05) is 31.5 Å². The SMILES string of the molecule is C[C@@H]1Oc2ccc(S(=O)(=O)N3CCN(C(=O)Cc4ccc(Br)cc4)CC3)cc2NC1=O. The minimum absolute atomic E-state index is 0.0258. The largest absolute Gasteiger partial charge is 0.479 e. The number of hydrogen-bond acceptors (Lipinski definition) is 5. The summed E-state index contributed by atoms with van der Waals surface area (Å²) in [5.74, 6) is 0.0940. The van der Waals surface area contributed by atoms with Gasteiger partial charge in [0, 0.05) is 30.7 Å². The first kappa shape index (κ1) is 21.8. The molecule has 1 saturated heterocycles. The maximum atomic E-state index is 13.1. The molecule has 0 aromatic heterocycles. The Morgan fingerprint density at radius 3 is 2.48 bits per heavy atom. The maximum absolute atomic E-state index is 13.1. The second-order valence-corrected chi connectivity index (χ2v) is 10.3. The quantitative estimate of drug-likeness (QED) is 0.684. The van der Waals surface area contributed by atoms with Crippen LogP contribution in [0.5, 0.6) is 5.75 Å². The highest BCUT2D eigenvalue weighted by Crippen LogP contribution is 2.33. The van der Waals surface area contributed by atoms with Gasteiger partial charge >= 0.3 is 0 Å². The van der Waals surface area contributed by atoms with Gasteiger partial charge in [-0.2, -0.15) is 4.31 Å². The van der Waals surface area contributed by atoms with Crippen molar-refractivity contribution >= 4 is 43.5 Å². The molecule has 0 unspecified atom stereocenters. The van der Waals surface area contributed by atoms with Crippen LogP contribution in [0, 0.1) is 0 Å². The van der Waals surface area contributed by atoms with Gasteiger partial charge in [0.05, 0.1) is 17.0 Å². The van der Waals surface area contributed by atoms with Crippen LogP contribution in [-0.2, 0) is 26.0 Å². The summed E-state index contributed by atoms with van der Waals surface area (Å²) in [6.07, 6.45) is -0.346. The molecular weight excluding hydrogens is 486 g/mol. The van der Waals surface area contributed by atoms with E-state index in [0.717, 1.165) is 10.0 Å². The summed E-state index contributed by atoms with van der Waals surface area (Å²) in [6.45, 7) is 2.71. The van der Waals surface area contributed by atoms with E-state index in [1.807, 2.05) is 24.3 Å². The molecular formula is C21H22BrN3O5S. The first-order valence-corrected chi connectivity index (χ1v) is 12.1. The van der Waals surface area contributed by atoms with Crippen LogP contribution in [0.15, 0.2) is 51.8 Å². The normalized spacial score (nSPS) is 19.4. The number of anilines is 1. The van der Waals surface area contributed by atoms with Crippen LogP contribution in [0.1, 0.15) is 12.5 Å². The molecule has 1 fully saturated rings. The predicted octanol–water partition coefficient (Wildman–Crippen LogP) is 2.24. The molecule has 4 rings (SSSR count). The van der Waals surface area contributed by atoms with Crippen LogP contribution in [0.25, 0.3) is 0 Å². The van der Waals surface area contributed by atoms with Gasteiger partial charge in [0.1, 0.15) is 5.75 Å². The second kappa shape index (κ2) is 8.60. The molecule has 8 nitrogen and oxygen atoms in total. The number of benzene rings is 2. The summed E-state index contributed by atoms with van der Waals surface area (Å²) in [5.41, 5.74) is 1.25. The number of nitrogens with zero attached hydrogens (tertiary/aromatic N) is 2.